The molecule has 154 valence electrons. The van der Waals surface area contributed by atoms with Crippen molar-refractivity contribution < 1.29 is 0 Å². The highest BCUT2D eigenvalue weighted by Gasteiger charge is 2.18. The molecule has 0 bridgehead atoms. The summed E-state index contributed by atoms with van der Waals surface area (Å²) in [7, 11) is 0. The van der Waals surface area contributed by atoms with E-state index in [1.165, 1.54) is 5.01 Å². The number of H-pyrrole nitrogens is 2. The summed E-state index contributed by atoms with van der Waals surface area (Å²) in [4.78, 5) is 30.9. The maximum atomic E-state index is 5.86. The summed E-state index contributed by atoms with van der Waals surface area (Å²) in [6.07, 6.45) is 0. The molecule has 0 amide bonds. The number of nitrogen functional groups attached to an aromatic ring is 3. The van der Waals surface area contributed by atoms with E-state index < -0.39 is 0 Å². The molecule has 30 heavy (non-hydrogen) atoms. The number of aromatic nitrogens is 8. The van der Waals surface area contributed by atoms with Gasteiger partial charge in [0, 0.05) is 11.4 Å². The van der Waals surface area contributed by atoms with E-state index in [0.717, 1.165) is 11.4 Å². The molecular weight excluding hydrogens is 388 g/mol. The van der Waals surface area contributed by atoms with Crippen molar-refractivity contribution in [2.24, 2.45) is 0 Å². The fourth-order valence-corrected chi connectivity index (χ4v) is 2.63. The second kappa shape index (κ2) is 7.42. The second-order valence-electron chi connectivity index (χ2n) is 6.35. The quantitative estimate of drug-likeness (QED) is 0.222. The zero-order valence-corrected chi connectivity index (χ0v) is 16.2. The molecule has 0 radical (unpaired) electrons. The molecule has 4 heterocycles. The van der Waals surface area contributed by atoms with Gasteiger partial charge in [-0.25, -0.2) is 5.01 Å². The van der Waals surface area contributed by atoms with E-state index in [0.29, 0.717) is 11.6 Å². The second-order valence-corrected chi connectivity index (χ2v) is 6.35. The predicted molar refractivity (Wildman–Crippen MR) is 113 cm³/mol. The van der Waals surface area contributed by atoms with Gasteiger partial charge < -0.3 is 32.5 Å². The third kappa shape index (κ3) is 4.11. The number of hydrogen-bond donors (Lipinski definition) is 7. The maximum absolute atomic E-state index is 5.86. The van der Waals surface area contributed by atoms with E-state index in [1.54, 1.807) is 0 Å². The number of hydrazine groups is 1. The third-order valence-electron chi connectivity index (χ3n) is 3.86. The van der Waals surface area contributed by atoms with Gasteiger partial charge in [0.25, 0.3) is 5.95 Å². The first-order valence-corrected chi connectivity index (χ1v) is 8.79. The number of hydrogen-bond acceptors (Lipinski definition) is 12. The molecule has 0 aliphatic carbocycles. The monoisotopic (exact) mass is 408 g/mol. The summed E-state index contributed by atoms with van der Waals surface area (Å²) >= 11 is 0. The van der Waals surface area contributed by atoms with Gasteiger partial charge in [-0.05, 0) is 38.1 Å². The molecular formula is C16H20N14. The minimum absolute atomic E-state index is 0.00979. The van der Waals surface area contributed by atoms with E-state index in [9.17, 15) is 0 Å². The molecule has 10 N–H and O–H groups in total. The maximum Gasteiger partial charge on any atom is 0.257 e. The van der Waals surface area contributed by atoms with Crippen molar-refractivity contribution in [3.63, 3.8) is 0 Å². The number of rotatable bonds is 6. The first-order chi connectivity index (χ1) is 14.4. The van der Waals surface area contributed by atoms with Crippen LogP contribution >= 0.6 is 0 Å². The van der Waals surface area contributed by atoms with Crippen molar-refractivity contribution in [1.29, 1.82) is 0 Å². The fourth-order valence-electron chi connectivity index (χ4n) is 2.63. The summed E-state index contributed by atoms with van der Waals surface area (Å²) in [5, 5.41) is 4.51. The number of anilines is 8. The lowest BCUT2D eigenvalue weighted by atomic mass is 10.5. The average molecular weight is 408 g/mol. The highest BCUT2D eigenvalue weighted by Crippen LogP contribution is 2.23. The number of nitrogens with two attached hydrogens (primary N) is 3. The van der Waals surface area contributed by atoms with Gasteiger partial charge in [-0.3, -0.25) is 5.43 Å². The van der Waals surface area contributed by atoms with Crippen molar-refractivity contribution in [2.75, 3.05) is 33.0 Å². The molecule has 4 rings (SSSR count). The molecule has 0 saturated heterocycles. The molecule has 0 saturated carbocycles. The van der Waals surface area contributed by atoms with E-state index in [1.807, 2.05) is 38.1 Å². The van der Waals surface area contributed by atoms with Crippen LogP contribution in [0.1, 0.15) is 11.4 Å². The first-order valence-electron chi connectivity index (χ1n) is 8.79. The van der Waals surface area contributed by atoms with Crippen LogP contribution in [-0.4, -0.2) is 39.9 Å². The Balaban J connectivity index is 1.69. The zero-order valence-electron chi connectivity index (χ0n) is 16.2. The van der Waals surface area contributed by atoms with Crippen LogP contribution in [0.2, 0.25) is 0 Å². The summed E-state index contributed by atoms with van der Waals surface area (Å²) in [6, 6.07) is 7.45. The first kappa shape index (κ1) is 18.7. The summed E-state index contributed by atoms with van der Waals surface area (Å²) in [5.74, 6) is 1.75. The lowest BCUT2D eigenvalue weighted by molar-refractivity contribution is 0.947. The highest BCUT2D eigenvalue weighted by atomic mass is 15.6. The molecule has 4 aromatic rings. The van der Waals surface area contributed by atoms with Gasteiger partial charge >= 0.3 is 0 Å². The van der Waals surface area contributed by atoms with Crippen molar-refractivity contribution >= 4 is 47.3 Å². The van der Waals surface area contributed by atoms with Crippen LogP contribution < -0.4 is 33.0 Å². The number of nitrogens with zero attached hydrogens (tertiary/aromatic N) is 7. The van der Waals surface area contributed by atoms with Gasteiger partial charge in [0.1, 0.15) is 11.6 Å². The standard InChI is InChI=1S/C16H20N14/c1-7-3-5-9(20-7)22-14-24-13(19)25-15(28-14)29-30(10-6-4-8(2)21-10)16-26-11(17)23-12(18)27-16/h3-6,20-21H,1-2H3,(H4,17,18,23,26,27)(H4,19,22,24,25,28,29). The summed E-state index contributed by atoms with van der Waals surface area (Å²) in [6.45, 7) is 3.83. The van der Waals surface area contributed by atoms with E-state index in [2.05, 4.69) is 50.6 Å². The van der Waals surface area contributed by atoms with Crippen LogP contribution in [-0.2, 0) is 0 Å². The molecule has 0 spiro atoms. The molecule has 0 aliphatic rings. The predicted octanol–water partition coefficient (Wildman–Crippen LogP) is 0.985. The number of aromatic amines is 2. The fraction of sp³-hybridized carbons (Fsp3) is 0.125. The van der Waals surface area contributed by atoms with Crippen LogP contribution in [0.3, 0.4) is 0 Å². The van der Waals surface area contributed by atoms with Gasteiger partial charge in [-0.1, -0.05) is 0 Å². The summed E-state index contributed by atoms with van der Waals surface area (Å²) in [5.41, 5.74) is 22.2. The Kier molecular flexibility index (Phi) is 4.63. The highest BCUT2D eigenvalue weighted by molar-refractivity contribution is 5.61. The molecule has 0 unspecified atom stereocenters. The Hall–Kier alpha value is -4.62. The van der Waals surface area contributed by atoms with Crippen molar-refractivity contribution in [3.05, 3.63) is 35.7 Å². The van der Waals surface area contributed by atoms with Crippen LogP contribution in [0.5, 0.6) is 0 Å². The molecule has 0 fully saturated rings. The minimum Gasteiger partial charge on any atom is -0.368 e. The van der Waals surface area contributed by atoms with Gasteiger partial charge in [-0.2, -0.15) is 29.9 Å². The number of nitrogens with one attached hydrogen (secondary N) is 4. The van der Waals surface area contributed by atoms with E-state index in [4.69, 9.17) is 17.2 Å². The third-order valence-corrected chi connectivity index (χ3v) is 3.86. The zero-order chi connectivity index (χ0) is 21.3. The molecule has 14 nitrogen and oxygen atoms in total. The Morgan fingerprint density at radius 3 is 2.00 bits per heavy atom. The van der Waals surface area contributed by atoms with Crippen LogP contribution in [0, 0.1) is 13.8 Å². The van der Waals surface area contributed by atoms with Crippen molar-refractivity contribution in [1.82, 2.24) is 39.9 Å². The Morgan fingerprint density at radius 1 is 0.733 bits per heavy atom. The normalized spacial score (nSPS) is 10.7. The van der Waals surface area contributed by atoms with Crippen molar-refractivity contribution in [3.8, 4) is 0 Å². The number of aryl methyl sites for hydroxylation is 2. The minimum atomic E-state index is -0.0350. The molecule has 4 aromatic heterocycles. The van der Waals surface area contributed by atoms with E-state index >= 15 is 0 Å². The lowest BCUT2D eigenvalue weighted by Crippen LogP contribution is -2.29. The summed E-state index contributed by atoms with van der Waals surface area (Å²) < 4.78 is 0. The van der Waals surface area contributed by atoms with Crippen LogP contribution in [0.15, 0.2) is 24.3 Å². The van der Waals surface area contributed by atoms with Gasteiger partial charge in [0.15, 0.2) is 0 Å². The van der Waals surface area contributed by atoms with Crippen LogP contribution in [0.4, 0.5) is 47.3 Å². The topological polar surface area (TPSA) is 214 Å². The van der Waals surface area contributed by atoms with Gasteiger partial charge in [-0.15, -0.1) is 0 Å². The van der Waals surface area contributed by atoms with E-state index in [-0.39, 0.29) is 35.7 Å². The average Bonchev–Trinajstić information content (AvgIpc) is 3.26. The molecule has 0 atom stereocenters. The molecule has 0 aliphatic heterocycles. The van der Waals surface area contributed by atoms with Gasteiger partial charge in [0.05, 0.1) is 0 Å². The van der Waals surface area contributed by atoms with Crippen molar-refractivity contribution in [2.45, 2.75) is 13.8 Å². The largest absolute Gasteiger partial charge is 0.368 e. The Labute approximate surface area is 170 Å². The van der Waals surface area contributed by atoms with Crippen LogP contribution in [0.25, 0.3) is 0 Å². The molecule has 14 heteroatoms. The molecule has 0 aromatic carbocycles. The smallest absolute Gasteiger partial charge is 0.257 e. The Bertz CT molecular complexity index is 1160. The lowest BCUT2D eigenvalue weighted by Gasteiger charge is -2.22. The van der Waals surface area contributed by atoms with Gasteiger partial charge in [0.2, 0.25) is 29.7 Å². The Morgan fingerprint density at radius 2 is 1.37 bits per heavy atom. The SMILES string of the molecule is Cc1ccc(Nc2nc(N)nc(NN(c3nc(N)nc(N)n3)c3ccc(C)[nH]3)n2)[nH]1.